The van der Waals surface area contributed by atoms with Crippen LogP contribution in [0.5, 0.6) is 0 Å². The summed E-state index contributed by atoms with van der Waals surface area (Å²) in [6.07, 6.45) is -2.55. The molecule has 0 atom stereocenters. The molecule has 1 aliphatic heterocycles. The molecule has 1 fully saturated rings. The van der Waals surface area contributed by atoms with Crippen molar-refractivity contribution in [2.75, 3.05) is 42.9 Å². The molecule has 0 amide bonds. The van der Waals surface area contributed by atoms with Gasteiger partial charge in [0.25, 0.3) is 6.43 Å². The van der Waals surface area contributed by atoms with Crippen LogP contribution in [-0.4, -0.2) is 54.0 Å². The molecular weight excluding hydrogens is 424 g/mol. The molecule has 1 N–H and O–H groups in total. The zero-order valence-corrected chi connectivity index (χ0v) is 17.0. The summed E-state index contributed by atoms with van der Waals surface area (Å²) in [5.74, 6) is -0.518. The number of nitrogens with zero attached hydrogens (tertiary/aromatic N) is 5. The Morgan fingerprint density at radius 3 is 2.47 bits per heavy atom. The lowest BCUT2D eigenvalue weighted by Crippen LogP contribution is -2.46. The Hall–Kier alpha value is -3.45. The van der Waals surface area contributed by atoms with Gasteiger partial charge in [0.1, 0.15) is 11.6 Å². The lowest BCUT2D eigenvalue weighted by molar-refractivity contribution is 0.163. The quantitative estimate of drug-likeness (QED) is 0.584. The molecule has 0 aliphatic carbocycles. The number of nitriles is 1. The van der Waals surface area contributed by atoms with Crippen LogP contribution in [-0.2, 0) is 6.54 Å². The van der Waals surface area contributed by atoms with Crippen molar-refractivity contribution in [2.45, 2.75) is 13.0 Å². The van der Waals surface area contributed by atoms with Crippen molar-refractivity contribution < 1.29 is 17.6 Å². The largest absolute Gasteiger partial charge is 0.361 e. The smallest absolute Gasteiger partial charge is 0.255 e. The number of nitrogens with one attached hydrogen (secondary N) is 1. The predicted molar refractivity (Wildman–Crippen MR) is 113 cm³/mol. The molecule has 0 radical (unpaired) electrons. The van der Waals surface area contributed by atoms with Gasteiger partial charge in [-0.25, -0.2) is 27.5 Å². The number of alkyl halides is 2. The summed E-state index contributed by atoms with van der Waals surface area (Å²) in [5.41, 5.74) is 1.83. The number of rotatable bonds is 6. The summed E-state index contributed by atoms with van der Waals surface area (Å²) >= 11 is 0. The first-order valence-corrected chi connectivity index (χ1v) is 10.1. The minimum absolute atomic E-state index is 0.250. The van der Waals surface area contributed by atoms with Gasteiger partial charge < -0.3 is 10.2 Å². The van der Waals surface area contributed by atoms with E-state index in [1.165, 1.54) is 12.1 Å². The van der Waals surface area contributed by atoms with Crippen molar-refractivity contribution in [3.05, 3.63) is 59.2 Å². The van der Waals surface area contributed by atoms with Crippen LogP contribution in [0.15, 0.2) is 36.4 Å². The van der Waals surface area contributed by atoms with E-state index in [1.807, 2.05) is 9.80 Å². The van der Waals surface area contributed by atoms with E-state index in [2.05, 4.69) is 21.4 Å². The molecule has 2 heterocycles. The Labute approximate surface area is 182 Å². The molecule has 3 aromatic rings. The number of hydrogen-bond acceptors (Lipinski definition) is 6. The molecule has 2 aromatic carbocycles. The van der Waals surface area contributed by atoms with E-state index < -0.39 is 24.6 Å². The minimum Gasteiger partial charge on any atom is -0.361 e. The highest BCUT2D eigenvalue weighted by atomic mass is 19.3. The maximum Gasteiger partial charge on any atom is 0.255 e. The van der Waals surface area contributed by atoms with Gasteiger partial charge in [0.05, 0.1) is 29.2 Å². The number of benzene rings is 2. The molecule has 1 aliphatic rings. The highest BCUT2D eigenvalue weighted by molar-refractivity contribution is 5.81. The van der Waals surface area contributed by atoms with E-state index >= 15 is 0 Å². The normalized spacial score (nSPS) is 14.7. The fourth-order valence-corrected chi connectivity index (χ4v) is 3.64. The average Bonchev–Trinajstić information content (AvgIpc) is 2.79. The van der Waals surface area contributed by atoms with E-state index in [9.17, 15) is 17.6 Å². The van der Waals surface area contributed by atoms with Crippen LogP contribution in [0.3, 0.4) is 0 Å². The number of halogens is 4. The van der Waals surface area contributed by atoms with Crippen molar-refractivity contribution in [2.24, 2.45) is 0 Å². The fourth-order valence-electron chi connectivity index (χ4n) is 3.64. The molecule has 1 saturated heterocycles. The summed E-state index contributed by atoms with van der Waals surface area (Å²) in [5, 5.41) is 11.8. The third-order valence-electron chi connectivity index (χ3n) is 5.28. The van der Waals surface area contributed by atoms with E-state index in [4.69, 9.17) is 5.26 Å². The highest BCUT2D eigenvalue weighted by Crippen LogP contribution is 2.27. The molecule has 32 heavy (non-hydrogen) atoms. The third kappa shape index (κ3) is 4.89. The van der Waals surface area contributed by atoms with Gasteiger partial charge in [0, 0.05) is 44.4 Å². The molecule has 0 unspecified atom stereocenters. The van der Waals surface area contributed by atoms with Crippen LogP contribution >= 0.6 is 0 Å². The lowest BCUT2D eigenvalue weighted by Gasteiger charge is -2.36. The van der Waals surface area contributed by atoms with Gasteiger partial charge in [-0.2, -0.15) is 5.26 Å². The zero-order valence-electron chi connectivity index (χ0n) is 17.0. The van der Waals surface area contributed by atoms with E-state index in [0.29, 0.717) is 60.7 Å². The van der Waals surface area contributed by atoms with Gasteiger partial charge in [-0.1, -0.05) is 6.07 Å². The Kier molecular flexibility index (Phi) is 6.37. The van der Waals surface area contributed by atoms with E-state index in [-0.39, 0.29) is 5.82 Å². The number of anilines is 2. The van der Waals surface area contributed by atoms with E-state index in [1.54, 1.807) is 18.2 Å². The van der Waals surface area contributed by atoms with Crippen LogP contribution in [0, 0.1) is 23.0 Å². The van der Waals surface area contributed by atoms with Crippen LogP contribution in [0.4, 0.5) is 29.2 Å². The first kappa shape index (κ1) is 21.8. The van der Waals surface area contributed by atoms with Gasteiger partial charge >= 0.3 is 0 Å². The summed E-state index contributed by atoms with van der Waals surface area (Å²) in [4.78, 5) is 13.0. The first-order valence-electron chi connectivity index (χ1n) is 10.1. The summed E-state index contributed by atoms with van der Waals surface area (Å²) < 4.78 is 52.7. The molecule has 166 valence electrons. The third-order valence-corrected chi connectivity index (χ3v) is 5.28. The van der Waals surface area contributed by atoms with Crippen molar-refractivity contribution in [1.29, 1.82) is 5.26 Å². The van der Waals surface area contributed by atoms with Gasteiger partial charge in [-0.15, -0.1) is 0 Å². The Bertz CT molecular complexity index is 1160. The van der Waals surface area contributed by atoms with Crippen molar-refractivity contribution >= 4 is 22.7 Å². The number of piperazine rings is 1. The van der Waals surface area contributed by atoms with Crippen molar-refractivity contribution in [1.82, 2.24) is 14.9 Å². The molecular formula is C22H20F4N6. The monoisotopic (exact) mass is 444 g/mol. The Morgan fingerprint density at radius 1 is 1.00 bits per heavy atom. The second-order valence-corrected chi connectivity index (χ2v) is 7.48. The standard InChI is InChI=1S/C22H20F4N6/c23-16-3-2-15(17(24)10-16)13-31-5-7-32(8-6-31)22-21(28-12-20(25)26)29-18-4-1-14(11-27)9-19(18)30-22/h1-4,9-10,20H,5-8,12-13H2,(H,28,29). The summed E-state index contributed by atoms with van der Waals surface area (Å²) in [7, 11) is 0. The maximum atomic E-state index is 14.0. The van der Waals surface area contributed by atoms with Crippen LogP contribution in [0.2, 0.25) is 0 Å². The molecule has 0 bridgehead atoms. The van der Waals surface area contributed by atoms with Gasteiger partial charge in [-0.3, -0.25) is 4.90 Å². The molecule has 4 rings (SSSR count). The predicted octanol–water partition coefficient (Wildman–Crippen LogP) is 3.78. The second kappa shape index (κ2) is 9.36. The molecule has 0 spiro atoms. The van der Waals surface area contributed by atoms with E-state index in [0.717, 1.165) is 6.07 Å². The minimum atomic E-state index is -2.55. The van der Waals surface area contributed by atoms with Crippen LogP contribution in [0.25, 0.3) is 11.0 Å². The fraction of sp³-hybridized carbons (Fsp3) is 0.318. The molecule has 6 nitrogen and oxygen atoms in total. The molecule has 10 heteroatoms. The topological polar surface area (TPSA) is 68.1 Å². The van der Waals surface area contributed by atoms with Crippen LogP contribution in [0.1, 0.15) is 11.1 Å². The van der Waals surface area contributed by atoms with Crippen molar-refractivity contribution in [3.63, 3.8) is 0 Å². The first-order chi connectivity index (χ1) is 15.4. The second-order valence-electron chi connectivity index (χ2n) is 7.48. The lowest BCUT2D eigenvalue weighted by atomic mass is 10.1. The van der Waals surface area contributed by atoms with Gasteiger partial charge in [0.2, 0.25) is 0 Å². The summed E-state index contributed by atoms with van der Waals surface area (Å²) in [6, 6.07) is 10.4. The number of hydrogen-bond donors (Lipinski definition) is 1. The number of aromatic nitrogens is 2. The Balaban J connectivity index is 1.54. The van der Waals surface area contributed by atoms with Gasteiger partial charge in [0.15, 0.2) is 11.6 Å². The molecule has 1 aromatic heterocycles. The van der Waals surface area contributed by atoms with Crippen LogP contribution < -0.4 is 10.2 Å². The zero-order chi connectivity index (χ0) is 22.7. The van der Waals surface area contributed by atoms with Gasteiger partial charge in [-0.05, 0) is 24.3 Å². The molecule has 0 saturated carbocycles. The van der Waals surface area contributed by atoms with Crippen molar-refractivity contribution in [3.8, 4) is 6.07 Å². The SMILES string of the molecule is N#Cc1ccc2nc(NCC(F)F)c(N3CCN(Cc4ccc(F)cc4F)CC3)nc2c1. The summed E-state index contributed by atoms with van der Waals surface area (Å²) in [6.45, 7) is 1.96. The Morgan fingerprint density at radius 2 is 1.78 bits per heavy atom. The average molecular weight is 444 g/mol. The maximum absolute atomic E-state index is 14.0. The number of fused-ring (bicyclic) bond motifs is 1. The highest BCUT2D eigenvalue weighted by Gasteiger charge is 2.23.